The van der Waals surface area contributed by atoms with Crippen LogP contribution in [0.4, 0.5) is 30.6 Å². The van der Waals surface area contributed by atoms with Crippen molar-refractivity contribution in [2.24, 2.45) is 5.92 Å². The fourth-order valence-corrected chi connectivity index (χ4v) is 3.44. The largest absolute Gasteiger partial charge is 0.490 e. The number of likely N-dealkylation sites (N-methyl/N-ethyl adjacent to an activating group) is 1. The second-order valence-electron chi connectivity index (χ2n) is 7.47. The molecule has 2 aromatic heterocycles. The molecular weight excluding hydrogens is 403 g/mol. The summed E-state index contributed by atoms with van der Waals surface area (Å²) < 4.78 is 42.9. The molecular formula is C18H20F3N7O2. The van der Waals surface area contributed by atoms with Gasteiger partial charge in [0.15, 0.2) is 11.6 Å². The van der Waals surface area contributed by atoms with Crippen LogP contribution < -0.4 is 20.3 Å². The van der Waals surface area contributed by atoms with E-state index in [9.17, 15) is 18.0 Å². The first-order valence-corrected chi connectivity index (χ1v) is 9.37. The van der Waals surface area contributed by atoms with E-state index in [1.807, 2.05) is 6.92 Å². The Morgan fingerprint density at radius 2 is 1.97 bits per heavy atom. The first-order valence-electron chi connectivity index (χ1n) is 9.37. The van der Waals surface area contributed by atoms with Gasteiger partial charge in [-0.25, -0.2) is 15.0 Å². The van der Waals surface area contributed by atoms with Crippen molar-refractivity contribution in [1.82, 2.24) is 19.9 Å². The highest BCUT2D eigenvalue weighted by Crippen LogP contribution is 2.33. The summed E-state index contributed by atoms with van der Waals surface area (Å²) in [6.45, 7) is 2.42. The van der Waals surface area contributed by atoms with E-state index in [1.165, 1.54) is 0 Å². The number of nitrogens with zero attached hydrogens (tertiary/aromatic N) is 5. The van der Waals surface area contributed by atoms with Crippen molar-refractivity contribution in [3.05, 3.63) is 23.9 Å². The fourth-order valence-electron chi connectivity index (χ4n) is 3.44. The van der Waals surface area contributed by atoms with E-state index in [0.717, 1.165) is 25.2 Å². The number of alkyl halides is 3. The lowest BCUT2D eigenvalue weighted by molar-refractivity contribution is -0.145. The zero-order chi connectivity index (χ0) is 21.5. The van der Waals surface area contributed by atoms with Crippen LogP contribution in [0.1, 0.15) is 24.4 Å². The van der Waals surface area contributed by atoms with E-state index in [-0.39, 0.29) is 30.2 Å². The fraction of sp³-hybridized carbons (Fsp3) is 0.500. The molecule has 30 heavy (non-hydrogen) atoms. The lowest BCUT2D eigenvalue weighted by Gasteiger charge is -2.36. The Morgan fingerprint density at radius 3 is 2.63 bits per heavy atom. The molecule has 2 aliphatic rings. The number of rotatable bonds is 5. The third kappa shape index (κ3) is 4.21. The van der Waals surface area contributed by atoms with Gasteiger partial charge in [-0.3, -0.25) is 4.79 Å². The monoisotopic (exact) mass is 423 g/mol. The predicted octanol–water partition coefficient (Wildman–Crippen LogP) is 2.25. The van der Waals surface area contributed by atoms with Crippen LogP contribution in [0, 0.1) is 12.8 Å². The molecule has 1 aliphatic carbocycles. The number of ether oxygens (including phenoxy) is 1. The molecule has 0 bridgehead atoms. The minimum absolute atomic E-state index is 0.0994. The maximum absolute atomic E-state index is 12.5. The third-order valence-electron chi connectivity index (χ3n) is 5.01. The van der Waals surface area contributed by atoms with Gasteiger partial charge in [0.2, 0.25) is 17.7 Å². The molecule has 0 atom stereocenters. The molecule has 3 heterocycles. The van der Waals surface area contributed by atoms with Crippen LogP contribution in [-0.4, -0.2) is 52.1 Å². The molecule has 0 spiro atoms. The number of nitrogens with one attached hydrogen (secondary N) is 2. The van der Waals surface area contributed by atoms with Crippen LogP contribution in [0.3, 0.4) is 0 Å². The molecule has 0 unspecified atom stereocenters. The molecule has 2 aromatic rings. The van der Waals surface area contributed by atoms with Crippen molar-refractivity contribution in [2.45, 2.75) is 32.0 Å². The predicted molar refractivity (Wildman–Crippen MR) is 101 cm³/mol. The number of halogens is 3. The zero-order valence-electron chi connectivity index (χ0n) is 16.3. The highest BCUT2D eigenvalue weighted by atomic mass is 19.4. The van der Waals surface area contributed by atoms with Gasteiger partial charge in [-0.2, -0.15) is 18.2 Å². The highest BCUT2D eigenvalue weighted by Gasteiger charge is 2.35. The molecule has 0 aromatic carbocycles. The van der Waals surface area contributed by atoms with Crippen molar-refractivity contribution in [1.29, 1.82) is 0 Å². The van der Waals surface area contributed by atoms with Gasteiger partial charge in [-0.05, 0) is 25.7 Å². The van der Waals surface area contributed by atoms with Gasteiger partial charge < -0.3 is 20.3 Å². The zero-order valence-corrected chi connectivity index (χ0v) is 16.3. The number of anilines is 3. The van der Waals surface area contributed by atoms with Crippen molar-refractivity contribution in [2.75, 3.05) is 35.7 Å². The number of carbonyl (C=O) groups is 1. The quantitative estimate of drug-likeness (QED) is 0.755. The highest BCUT2D eigenvalue weighted by molar-refractivity contribution is 6.00. The average Bonchev–Trinajstić information content (AvgIpc) is 2.64. The van der Waals surface area contributed by atoms with Crippen LogP contribution in [0.25, 0.3) is 0 Å². The number of amides is 1. The Hall–Kier alpha value is -3.18. The summed E-state index contributed by atoms with van der Waals surface area (Å²) in [6, 6.07) is 0.170. The Bertz CT molecular complexity index is 946. The van der Waals surface area contributed by atoms with E-state index >= 15 is 0 Å². The van der Waals surface area contributed by atoms with Gasteiger partial charge in [-0.15, -0.1) is 0 Å². The first-order chi connectivity index (χ1) is 14.2. The average molecular weight is 423 g/mol. The normalized spacial score (nSPS) is 20.8. The first kappa shape index (κ1) is 20.1. The summed E-state index contributed by atoms with van der Waals surface area (Å²) >= 11 is 0. The Morgan fingerprint density at radius 1 is 1.27 bits per heavy atom. The summed E-state index contributed by atoms with van der Waals surface area (Å²) in [4.78, 5) is 28.9. The molecule has 1 saturated carbocycles. The van der Waals surface area contributed by atoms with Crippen molar-refractivity contribution < 1.29 is 22.7 Å². The van der Waals surface area contributed by atoms with Gasteiger partial charge in [0.05, 0.1) is 31.2 Å². The molecule has 1 aliphatic heterocycles. The number of fused-ring (bicyclic) bond motifs is 1. The Balaban J connectivity index is 1.28. The van der Waals surface area contributed by atoms with Crippen LogP contribution in [0.15, 0.2) is 12.4 Å². The molecule has 0 radical (unpaired) electrons. The Labute approximate surface area is 170 Å². The molecule has 160 valence electrons. The maximum atomic E-state index is 12.5. The number of hydrogen-bond donors (Lipinski definition) is 2. The maximum Gasteiger partial charge on any atom is 0.451 e. The summed E-state index contributed by atoms with van der Waals surface area (Å²) in [6.07, 6.45) is -0.878. The second kappa shape index (κ2) is 7.58. The van der Waals surface area contributed by atoms with Gasteiger partial charge in [0, 0.05) is 13.1 Å². The van der Waals surface area contributed by atoms with Crippen LogP contribution in [0.2, 0.25) is 0 Å². The summed E-state index contributed by atoms with van der Waals surface area (Å²) in [5.74, 6) is 0.343. The van der Waals surface area contributed by atoms with Crippen molar-refractivity contribution in [3.8, 4) is 5.75 Å². The molecule has 12 heteroatoms. The van der Waals surface area contributed by atoms with Crippen molar-refractivity contribution >= 4 is 23.4 Å². The van der Waals surface area contributed by atoms with Crippen LogP contribution in [0.5, 0.6) is 5.75 Å². The van der Waals surface area contributed by atoms with Crippen LogP contribution >= 0.6 is 0 Å². The number of hydrogen-bond acceptors (Lipinski definition) is 8. The Kier molecular flexibility index (Phi) is 5.08. The smallest absolute Gasteiger partial charge is 0.451 e. The van der Waals surface area contributed by atoms with Gasteiger partial charge in [-0.1, -0.05) is 0 Å². The van der Waals surface area contributed by atoms with Crippen molar-refractivity contribution in [3.63, 3.8) is 0 Å². The molecule has 4 rings (SSSR count). The van der Waals surface area contributed by atoms with E-state index < -0.39 is 12.0 Å². The number of aromatic nitrogens is 4. The molecule has 9 nitrogen and oxygen atoms in total. The summed E-state index contributed by atoms with van der Waals surface area (Å²) in [7, 11) is 1.80. The third-order valence-corrected chi connectivity index (χ3v) is 5.01. The SMILES string of the molecule is Cc1nc(NC2CC(COc3cnc(C(F)(F)F)nc3)C2)nc2c1NC(=O)CN2C. The minimum atomic E-state index is -4.57. The van der Waals surface area contributed by atoms with E-state index in [1.54, 1.807) is 11.9 Å². The standard InChI is InChI=1S/C18H20F3N7O2/c1-9-14-15(28(2)7-13(29)26-14)27-17(24-9)25-11-3-10(4-11)8-30-12-5-22-16(23-6-12)18(19,20)21/h5-6,10-11H,3-4,7-8H2,1-2H3,(H,26,29)(H,24,25,27). The molecule has 0 saturated heterocycles. The number of aryl methyl sites for hydroxylation is 1. The number of carbonyl (C=O) groups excluding carboxylic acids is 1. The summed E-state index contributed by atoms with van der Waals surface area (Å²) in [5, 5.41) is 6.08. The van der Waals surface area contributed by atoms with Gasteiger partial charge in [0.25, 0.3) is 0 Å². The van der Waals surface area contributed by atoms with Crippen LogP contribution in [-0.2, 0) is 11.0 Å². The molecule has 2 N–H and O–H groups in total. The molecule has 1 fully saturated rings. The lowest BCUT2D eigenvalue weighted by atomic mass is 9.81. The van der Waals surface area contributed by atoms with E-state index in [4.69, 9.17) is 4.74 Å². The van der Waals surface area contributed by atoms with E-state index in [2.05, 4.69) is 30.6 Å². The molecule has 1 amide bonds. The summed E-state index contributed by atoms with van der Waals surface area (Å²) in [5.41, 5.74) is 1.31. The van der Waals surface area contributed by atoms with Gasteiger partial charge >= 0.3 is 6.18 Å². The topological polar surface area (TPSA) is 105 Å². The second-order valence-corrected chi connectivity index (χ2v) is 7.47. The minimum Gasteiger partial charge on any atom is -0.490 e. The lowest BCUT2D eigenvalue weighted by Crippen LogP contribution is -2.40. The van der Waals surface area contributed by atoms with E-state index in [0.29, 0.717) is 29.8 Å². The van der Waals surface area contributed by atoms with Gasteiger partial charge in [0.1, 0.15) is 5.69 Å².